The van der Waals surface area contributed by atoms with Crippen LogP contribution in [-0.2, 0) is 14.8 Å². The molecule has 184 valence electrons. The van der Waals surface area contributed by atoms with Crippen LogP contribution in [0, 0.1) is 6.92 Å². The number of para-hydroxylation sites is 1. The Balaban J connectivity index is 1.68. The lowest BCUT2D eigenvalue weighted by Crippen LogP contribution is -2.36. The second-order valence-electron chi connectivity index (χ2n) is 8.73. The summed E-state index contributed by atoms with van der Waals surface area (Å²) < 4.78 is 29.4. The number of sulfonamides is 1. The Morgan fingerprint density at radius 1 is 1.03 bits per heavy atom. The normalized spacial score (nSPS) is 15.5. The topological polar surface area (TPSA) is 101 Å². The van der Waals surface area contributed by atoms with Crippen molar-refractivity contribution in [1.29, 1.82) is 0 Å². The predicted octanol–water partition coefficient (Wildman–Crippen LogP) is 3.98. The number of piperidine rings is 1. The summed E-state index contributed by atoms with van der Waals surface area (Å²) in [6.45, 7) is 4.62. The minimum absolute atomic E-state index is 0.241. The van der Waals surface area contributed by atoms with E-state index in [0.717, 1.165) is 19.3 Å². The highest BCUT2D eigenvalue weighted by atomic mass is 32.2. The van der Waals surface area contributed by atoms with Gasteiger partial charge in [0, 0.05) is 30.4 Å². The maximum absolute atomic E-state index is 13.3. The van der Waals surface area contributed by atoms with Crippen LogP contribution in [0.3, 0.4) is 0 Å². The molecule has 1 fully saturated rings. The molecule has 0 bridgehead atoms. The van der Waals surface area contributed by atoms with Gasteiger partial charge in [0.15, 0.2) is 0 Å². The number of carbonyl (C=O) groups is 1. The summed E-state index contributed by atoms with van der Waals surface area (Å²) in [5.41, 5.74) is 1.87. The number of aromatic nitrogens is 2. The van der Waals surface area contributed by atoms with Crippen LogP contribution in [-0.4, -0.2) is 41.5 Å². The molecular formula is C26H30N4O4S. The first-order valence-corrected chi connectivity index (χ1v) is 13.3. The van der Waals surface area contributed by atoms with E-state index in [2.05, 4.69) is 10.4 Å². The van der Waals surface area contributed by atoms with Gasteiger partial charge in [-0.1, -0.05) is 43.7 Å². The molecule has 2 aromatic carbocycles. The molecule has 2 heterocycles. The van der Waals surface area contributed by atoms with Crippen LogP contribution in [0.15, 0.2) is 70.4 Å². The number of nitrogens with one attached hydrogen (secondary N) is 1. The summed E-state index contributed by atoms with van der Waals surface area (Å²) in [5.74, 6) is -0.345. The molecule has 3 aromatic rings. The van der Waals surface area contributed by atoms with E-state index in [9.17, 15) is 18.0 Å². The smallest absolute Gasteiger partial charge is 0.267 e. The lowest BCUT2D eigenvalue weighted by molar-refractivity contribution is -0.119. The van der Waals surface area contributed by atoms with Crippen molar-refractivity contribution >= 4 is 21.6 Å². The van der Waals surface area contributed by atoms with E-state index >= 15 is 0 Å². The summed E-state index contributed by atoms with van der Waals surface area (Å²) >= 11 is 0. The van der Waals surface area contributed by atoms with E-state index in [-0.39, 0.29) is 10.8 Å². The van der Waals surface area contributed by atoms with E-state index in [1.165, 1.54) is 15.1 Å². The van der Waals surface area contributed by atoms with E-state index in [1.54, 1.807) is 43.3 Å². The Morgan fingerprint density at radius 3 is 2.43 bits per heavy atom. The van der Waals surface area contributed by atoms with Gasteiger partial charge in [-0.3, -0.25) is 9.59 Å². The Hall–Kier alpha value is -3.30. The second kappa shape index (κ2) is 10.5. The van der Waals surface area contributed by atoms with Crippen LogP contribution in [0.1, 0.15) is 44.2 Å². The van der Waals surface area contributed by atoms with Gasteiger partial charge in [0.05, 0.1) is 10.6 Å². The highest BCUT2D eigenvalue weighted by Crippen LogP contribution is 2.28. The lowest BCUT2D eigenvalue weighted by Gasteiger charge is -2.26. The van der Waals surface area contributed by atoms with E-state index < -0.39 is 21.6 Å². The van der Waals surface area contributed by atoms with Gasteiger partial charge in [-0.05, 0) is 56.0 Å². The first kappa shape index (κ1) is 24.8. The molecule has 1 aliphatic heterocycles. The Kier molecular flexibility index (Phi) is 7.47. The van der Waals surface area contributed by atoms with Gasteiger partial charge in [-0.25, -0.2) is 13.1 Å². The molecule has 4 rings (SSSR count). The number of nitrogens with zero attached hydrogens (tertiary/aromatic N) is 3. The SMILES string of the molecule is CC[C@@H](C(=O)Nc1ccccc1)n1nc(-c2ccc(C)c(S(=O)(=O)N3CCCCC3)c2)ccc1=O. The maximum Gasteiger partial charge on any atom is 0.267 e. The Labute approximate surface area is 205 Å². The molecule has 1 saturated heterocycles. The van der Waals surface area contributed by atoms with Gasteiger partial charge < -0.3 is 5.32 Å². The minimum atomic E-state index is -3.64. The summed E-state index contributed by atoms with van der Waals surface area (Å²) in [6.07, 6.45) is 3.10. The molecule has 0 radical (unpaired) electrons. The Morgan fingerprint density at radius 2 is 1.74 bits per heavy atom. The number of carbonyl (C=O) groups excluding carboxylic acids is 1. The molecule has 1 atom stereocenters. The van der Waals surface area contributed by atoms with Crippen molar-refractivity contribution in [1.82, 2.24) is 14.1 Å². The van der Waals surface area contributed by atoms with Gasteiger partial charge in [0.2, 0.25) is 15.9 Å². The second-order valence-corrected chi connectivity index (χ2v) is 10.6. The first-order chi connectivity index (χ1) is 16.8. The van der Waals surface area contributed by atoms with Crippen LogP contribution in [0.25, 0.3) is 11.3 Å². The summed E-state index contributed by atoms with van der Waals surface area (Å²) in [5, 5.41) is 7.30. The van der Waals surface area contributed by atoms with Gasteiger partial charge in [0.1, 0.15) is 6.04 Å². The molecule has 8 nitrogen and oxygen atoms in total. The summed E-state index contributed by atoms with van der Waals surface area (Å²) in [4.78, 5) is 25.9. The summed E-state index contributed by atoms with van der Waals surface area (Å²) in [6, 6.07) is 16.3. The van der Waals surface area contributed by atoms with Crippen LogP contribution in [0.5, 0.6) is 0 Å². The van der Waals surface area contributed by atoms with Crippen LogP contribution in [0.2, 0.25) is 0 Å². The quantitative estimate of drug-likeness (QED) is 0.535. The number of amides is 1. The number of hydrogen-bond donors (Lipinski definition) is 1. The molecule has 0 saturated carbocycles. The molecule has 0 unspecified atom stereocenters. The van der Waals surface area contributed by atoms with Crippen molar-refractivity contribution < 1.29 is 13.2 Å². The zero-order chi connectivity index (χ0) is 25.0. The molecule has 9 heteroatoms. The third-order valence-corrected chi connectivity index (χ3v) is 8.31. The van der Waals surface area contributed by atoms with Gasteiger partial charge >= 0.3 is 0 Å². The number of anilines is 1. The highest BCUT2D eigenvalue weighted by Gasteiger charge is 2.28. The molecule has 0 aliphatic carbocycles. The monoisotopic (exact) mass is 494 g/mol. The van der Waals surface area contributed by atoms with Gasteiger partial charge in [0.25, 0.3) is 5.56 Å². The first-order valence-electron chi connectivity index (χ1n) is 11.9. The van der Waals surface area contributed by atoms with Crippen molar-refractivity contribution in [3.63, 3.8) is 0 Å². The number of hydrogen-bond acceptors (Lipinski definition) is 5. The van der Waals surface area contributed by atoms with Gasteiger partial charge in [-0.15, -0.1) is 0 Å². The summed E-state index contributed by atoms with van der Waals surface area (Å²) in [7, 11) is -3.64. The minimum Gasteiger partial charge on any atom is -0.324 e. The van der Waals surface area contributed by atoms with Crippen LogP contribution in [0.4, 0.5) is 5.69 Å². The van der Waals surface area contributed by atoms with E-state index in [0.29, 0.717) is 42.0 Å². The largest absolute Gasteiger partial charge is 0.324 e. The van der Waals surface area contributed by atoms with Crippen molar-refractivity contribution in [3.8, 4) is 11.3 Å². The fourth-order valence-electron chi connectivity index (χ4n) is 4.30. The molecule has 0 spiro atoms. The zero-order valence-electron chi connectivity index (χ0n) is 20.0. The number of rotatable bonds is 7. The van der Waals surface area contributed by atoms with Crippen molar-refractivity contribution in [3.05, 3.63) is 76.6 Å². The Bertz CT molecular complexity index is 1360. The molecule has 1 amide bonds. The van der Waals surface area contributed by atoms with Crippen molar-refractivity contribution in [2.24, 2.45) is 0 Å². The molecule has 1 aliphatic rings. The van der Waals surface area contributed by atoms with Crippen LogP contribution < -0.4 is 10.9 Å². The molecule has 35 heavy (non-hydrogen) atoms. The number of aryl methyl sites for hydroxylation is 1. The molecule has 1 aromatic heterocycles. The fraction of sp³-hybridized carbons (Fsp3) is 0.346. The highest BCUT2D eigenvalue weighted by molar-refractivity contribution is 7.89. The molecular weight excluding hydrogens is 464 g/mol. The lowest BCUT2D eigenvalue weighted by atomic mass is 10.1. The average Bonchev–Trinajstić information content (AvgIpc) is 2.87. The third-order valence-electron chi connectivity index (χ3n) is 6.27. The zero-order valence-corrected chi connectivity index (χ0v) is 20.8. The van der Waals surface area contributed by atoms with Crippen molar-refractivity contribution in [2.75, 3.05) is 18.4 Å². The van der Waals surface area contributed by atoms with Crippen molar-refractivity contribution in [2.45, 2.75) is 50.5 Å². The van der Waals surface area contributed by atoms with E-state index in [4.69, 9.17) is 0 Å². The standard InChI is InChI=1S/C26H30N4O4S/c1-3-23(26(32)27-21-10-6-4-7-11-21)30-25(31)15-14-22(28-30)20-13-12-19(2)24(18-20)35(33,34)29-16-8-5-9-17-29/h4,6-7,10-15,18,23H,3,5,8-9,16-17H2,1-2H3,(H,27,32)/t23-/m0/s1. The van der Waals surface area contributed by atoms with Crippen LogP contribution >= 0.6 is 0 Å². The average molecular weight is 495 g/mol. The number of benzene rings is 2. The predicted molar refractivity (Wildman–Crippen MR) is 136 cm³/mol. The van der Waals surface area contributed by atoms with Gasteiger partial charge in [-0.2, -0.15) is 9.40 Å². The maximum atomic E-state index is 13.3. The fourth-order valence-corrected chi connectivity index (χ4v) is 6.07. The third kappa shape index (κ3) is 5.36. The molecule has 1 N–H and O–H groups in total. The van der Waals surface area contributed by atoms with E-state index in [1.807, 2.05) is 25.1 Å².